The highest BCUT2D eigenvalue weighted by Crippen LogP contribution is 2.55. The molecule has 0 bridgehead atoms. The van der Waals surface area contributed by atoms with Gasteiger partial charge in [0.05, 0.1) is 0 Å². The van der Waals surface area contributed by atoms with Crippen LogP contribution in [0.3, 0.4) is 0 Å². The average Bonchev–Trinajstić information content (AvgIpc) is 2.65. The van der Waals surface area contributed by atoms with Gasteiger partial charge in [0.15, 0.2) is 0 Å². The van der Waals surface area contributed by atoms with E-state index in [-0.39, 0.29) is 0 Å². The summed E-state index contributed by atoms with van der Waals surface area (Å²) in [6.07, 6.45) is 2.88. The zero-order chi connectivity index (χ0) is 8.65. The van der Waals surface area contributed by atoms with Crippen LogP contribution >= 0.6 is 0 Å². The van der Waals surface area contributed by atoms with Crippen molar-refractivity contribution in [1.82, 2.24) is 0 Å². The monoisotopic (exact) mass is 154 g/mol. The van der Waals surface area contributed by atoms with E-state index in [9.17, 15) is 0 Å². The molecule has 2 atom stereocenters. The molecule has 0 N–H and O–H groups in total. The summed E-state index contributed by atoms with van der Waals surface area (Å²) < 4.78 is 0. The first-order valence-electron chi connectivity index (χ1n) is 5.00. The molecule has 0 aliphatic heterocycles. The molecule has 2 unspecified atom stereocenters. The Hall–Kier alpha value is 0. The van der Waals surface area contributed by atoms with E-state index in [0.29, 0.717) is 5.41 Å². The highest BCUT2D eigenvalue weighted by atomic mass is 14.5. The van der Waals surface area contributed by atoms with E-state index in [1.807, 2.05) is 0 Å². The number of hydrogen-bond acceptors (Lipinski definition) is 0. The number of hydrogen-bond donors (Lipinski definition) is 0. The molecule has 1 saturated carbocycles. The molecule has 1 rings (SSSR count). The highest BCUT2D eigenvalue weighted by molar-refractivity contribution is 4.96. The van der Waals surface area contributed by atoms with Gasteiger partial charge in [-0.05, 0) is 29.6 Å². The maximum absolute atomic E-state index is 2.43. The van der Waals surface area contributed by atoms with Crippen LogP contribution in [0.4, 0.5) is 0 Å². The molecule has 11 heavy (non-hydrogen) atoms. The molecule has 0 heteroatoms. The number of rotatable bonds is 3. The van der Waals surface area contributed by atoms with E-state index in [1.54, 1.807) is 0 Å². The normalized spacial score (nSPS) is 31.1. The summed E-state index contributed by atoms with van der Waals surface area (Å²) in [5, 5.41) is 0. The summed E-state index contributed by atoms with van der Waals surface area (Å²) >= 11 is 0. The second-order valence-corrected chi connectivity index (χ2v) is 4.99. The van der Waals surface area contributed by atoms with E-state index in [4.69, 9.17) is 0 Å². The fourth-order valence-electron chi connectivity index (χ4n) is 2.04. The predicted octanol–water partition coefficient (Wildman–Crippen LogP) is 3.71. The maximum atomic E-state index is 2.43. The van der Waals surface area contributed by atoms with Gasteiger partial charge in [-0.15, -0.1) is 0 Å². The van der Waals surface area contributed by atoms with E-state index in [2.05, 4.69) is 34.6 Å². The highest BCUT2D eigenvalue weighted by Gasteiger charge is 2.47. The van der Waals surface area contributed by atoms with Gasteiger partial charge in [-0.1, -0.05) is 41.0 Å². The van der Waals surface area contributed by atoms with Crippen molar-refractivity contribution in [2.45, 2.75) is 47.5 Å². The molecule has 0 spiro atoms. The third-order valence-electron chi connectivity index (χ3n) is 3.89. The Morgan fingerprint density at radius 1 is 1.36 bits per heavy atom. The van der Waals surface area contributed by atoms with Crippen molar-refractivity contribution in [1.29, 1.82) is 0 Å². The Balaban J connectivity index is 2.48. The lowest BCUT2D eigenvalue weighted by Crippen LogP contribution is -2.22. The molecule has 1 aliphatic rings. The van der Waals surface area contributed by atoms with E-state index in [1.165, 1.54) is 12.8 Å². The molecule has 1 aliphatic carbocycles. The second-order valence-electron chi connectivity index (χ2n) is 4.99. The van der Waals surface area contributed by atoms with Crippen LogP contribution in [0.5, 0.6) is 0 Å². The van der Waals surface area contributed by atoms with Crippen molar-refractivity contribution >= 4 is 0 Å². The van der Waals surface area contributed by atoms with Crippen molar-refractivity contribution in [2.24, 2.45) is 23.2 Å². The molecule has 0 heterocycles. The molecule has 0 aromatic heterocycles. The molecule has 0 radical (unpaired) electrons. The lowest BCUT2D eigenvalue weighted by Gasteiger charge is -2.29. The second kappa shape index (κ2) is 2.80. The van der Waals surface area contributed by atoms with Gasteiger partial charge in [-0.3, -0.25) is 0 Å². The first-order valence-corrected chi connectivity index (χ1v) is 5.00. The Labute approximate surface area is 71.4 Å². The van der Waals surface area contributed by atoms with Crippen LogP contribution in [0, 0.1) is 23.2 Å². The summed E-state index contributed by atoms with van der Waals surface area (Å²) in [6, 6.07) is 0. The van der Waals surface area contributed by atoms with Gasteiger partial charge in [0.2, 0.25) is 0 Å². The maximum Gasteiger partial charge on any atom is -0.0300 e. The van der Waals surface area contributed by atoms with Crippen LogP contribution in [-0.4, -0.2) is 0 Å². The zero-order valence-electron chi connectivity index (χ0n) is 8.65. The third-order valence-corrected chi connectivity index (χ3v) is 3.89. The minimum absolute atomic E-state index is 0.584. The van der Waals surface area contributed by atoms with E-state index >= 15 is 0 Å². The van der Waals surface area contributed by atoms with Gasteiger partial charge in [-0.25, -0.2) is 0 Å². The first kappa shape index (κ1) is 9.09. The van der Waals surface area contributed by atoms with Crippen LogP contribution in [0.2, 0.25) is 0 Å². The fraction of sp³-hybridized carbons (Fsp3) is 1.00. The SMILES string of the molecule is CCC1CC1C(C)(C)C(C)C. The lowest BCUT2D eigenvalue weighted by molar-refractivity contribution is 0.196. The van der Waals surface area contributed by atoms with Crippen LogP contribution in [0.25, 0.3) is 0 Å². The van der Waals surface area contributed by atoms with E-state index < -0.39 is 0 Å². The van der Waals surface area contributed by atoms with Crippen molar-refractivity contribution in [3.8, 4) is 0 Å². The summed E-state index contributed by atoms with van der Waals surface area (Å²) in [5.74, 6) is 2.91. The summed E-state index contributed by atoms with van der Waals surface area (Å²) in [6.45, 7) is 11.9. The Kier molecular flexibility index (Phi) is 2.32. The van der Waals surface area contributed by atoms with Crippen LogP contribution < -0.4 is 0 Å². The minimum Gasteiger partial charge on any atom is -0.0651 e. The smallest absolute Gasteiger partial charge is 0.0300 e. The molecular formula is C11H22. The van der Waals surface area contributed by atoms with Gasteiger partial charge in [-0.2, -0.15) is 0 Å². The van der Waals surface area contributed by atoms with Crippen molar-refractivity contribution < 1.29 is 0 Å². The van der Waals surface area contributed by atoms with Gasteiger partial charge in [0, 0.05) is 0 Å². The summed E-state index contributed by atoms with van der Waals surface area (Å²) in [7, 11) is 0. The quantitative estimate of drug-likeness (QED) is 0.581. The first-order chi connectivity index (χ1) is 5.00. The lowest BCUT2D eigenvalue weighted by atomic mass is 9.76. The van der Waals surface area contributed by atoms with Gasteiger partial charge >= 0.3 is 0 Å². The van der Waals surface area contributed by atoms with Gasteiger partial charge < -0.3 is 0 Å². The zero-order valence-corrected chi connectivity index (χ0v) is 8.65. The Morgan fingerprint density at radius 2 is 1.91 bits per heavy atom. The van der Waals surface area contributed by atoms with Crippen molar-refractivity contribution in [3.05, 3.63) is 0 Å². The molecule has 66 valence electrons. The Bertz CT molecular complexity index is 133. The summed E-state index contributed by atoms with van der Waals surface area (Å²) in [4.78, 5) is 0. The van der Waals surface area contributed by atoms with Crippen molar-refractivity contribution in [2.75, 3.05) is 0 Å². The molecule has 0 aromatic rings. The largest absolute Gasteiger partial charge is 0.0651 e. The molecule has 1 fully saturated rings. The standard InChI is InChI=1S/C11H22/c1-6-9-7-10(9)11(4,5)8(2)3/h8-10H,6-7H2,1-5H3. The topological polar surface area (TPSA) is 0 Å². The Morgan fingerprint density at radius 3 is 2.18 bits per heavy atom. The fourth-order valence-corrected chi connectivity index (χ4v) is 2.04. The third kappa shape index (κ3) is 1.60. The minimum atomic E-state index is 0.584. The molecule has 0 aromatic carbocycles. The molecular weight excluding hydrogens is 132 g/mol. The molecule has 0 amide bonds. The average molecular weight is 154 g/mol. The van der Waals surface area contributed by atoms with Crippen LogP contribution in [0.1, 0.15) is 47.5 Å². The van der Waals surface area contributed by atoms with Gasteiger partial charge in [0.25, 0.3) is 0 Å². The van der Waals surface area contributed by atoms with Crippen molar-refractivity contribution in [3.63, 3.8) is 0 Å². The van der Waals surface area contributed by atoms with Crippen LogP contribution in [0.15, 0.2) is 0 Å². The van der Waals surface area contributed by atoms with E-state index in [0.717, 1.165) is 17.8 Å². The summed E-state index contributed by atoms with van der Waals surface area (Å²) in [5.41, 5.74) is 0.584. The van der Waals surface area contributed by atoms with Gasteiger partial charge in [0.1, 0.15) is 0 Å². The molecule has 0 saturated heterocycles. The predicted molar refractivity (Wildman–Crippen MR) is 50.5 cm³/mol. The van der Waals surface area contributed by atoms with Crippen LogP contribution in [-0.2, 0) is 0 Å². The molecule has 0 nitrogen and oxygen atoms in total.